The van der Waals surface area contributed by atoms with Crippen LogP contribution in [0.1, 0.15) is 15.9 Å². The van der Waals surface area contributed by atoms with Gasteiger partial charge in [-0.15, -0.1) is 0 Å². The summed E-state index contributed by atoms with van der Waals surface area (Å²) < 4.78 is 5.03. The van der Waals surface area contributed by atoms with Crippen LogP contribution < -0.4 is 16.2 Å². The van der Waals surface area contributed by atoms with Gasteiger partial charge in [0.25, 0.3) is 0 Å². The molecule has 0 bridgehead atoms. The lowest BCUT2D eigenvalue weighted by molar-refractivity contribution is 0.104. The Hall–Kier alpha value is -2.27. The van der Waals surface area contributed by atoms with Gasteiger partial charge in [0.2, 0.25) is 0 Å². The molecule has 2 rings (SSSR count). The van der Waals surface area contributed by atoms with E-state index in [0.717, 1.165) is 0 Å². The monoisotopic (exact) mass is 277 g/mol. The molecule has 2 aromatic rings. The van der Waals surface area contributed by atoms with Crippen molar-refractivity contribution in [1.29, 1.82) is 0 Å². The van der Waals surface area contributed by atoms with Crippen molar-refractivity contribution < 1.29 is 9.53 Å². The molecule has 0 fully saturated rings. The van der Waals surface area contributed by atoms with Crippen molar-refractivity contribution in [2.75, 3.05) is 18.6 Å². The number of halogens is 1. The summed E-state index contributed by atoms with van der Waals surface area (Å²) in [5.74, 6) is 0.364. The SMILES string of the molecule is COc1ccc(C(=O)c2cc(Cl)cnc2N)c(N)c1. The number of hydrogen-bond donors (Lipinski definition) is 2. The number of benzene rings is 1. The van der Waals surface area contributed by atoms with E-state index in [2.05, 4.69) is 4.98 Å². The third-order valence-corrected chi connectivity index (χ3v) is 2.84. The van der Waals surface area contributed by atoms with Crippen LogP contribution in [0.15, 0.2) is 30.5 Å². The number of ketones is 1. The van der Waals surface area contributed by atoms with E-state index in [9.17, 15) is 4.79 Å². The lowest BCUT2D eigenvalue weighted by Crippen LogP contribution is -2.09. The molecule has 0 atom stereocenters. The van der Waals surface area contributed by atoms with E-state index in [0.29, 0.717) is 22.0 Å². The van der Waals surface area contributed by atoms with Gasteiger partial charge in [0.15, 0.2) is 5.78 Å². The maximum atomic E-state index is 12.3. The number of rotatable bonds is 3. The molecule has 1 heterocycles. The summed E-state index contributed by atoms with van der Waals surface area (Å²) in [6.45, 7) is 0. The van der Waals surface area contributed by atoms with Crippen molar-refractivity contribution in [3.05, 3.63) is 46.6 Å². The summed E-state index contributed by atoms with van der Waals surface area (Å²) in [5, 5.41) is 0.338. The van der Waals surface area contributed by atoms with Crippen molar-refractivity contribution >= 4 is 28.9 Å². The fourth-order valence-corrected chi connectivity index (χ4v) is 1.81. The number of pyridine rings is 1. The summed E-state index contributed by atoms with van der Waals surface area (Å²) in [5.41, 5.74) is 12.4. The molecule has 98 valence electrons. The summed E-state index contributed by atoms with van der Waals surface area (Å²) in [7, 11) is 1.52. The molecule has 4 N–H and O–H groups in total. The first-order valence-corrected chi connectivity index (χ1v) is 5.80. The summed E-state index contributed by atoms with van der Waals surface area (Å²) in [4.78, 5) is 16.2. The number of nitrogens with zero attached hydrogens (tertiary/aromatic N) is 1. The van der Waals surface area contributed by atoms with Crippen molar-refractivity contribution in [3.63, 3.8) is 0 Å². The van der Waals surface area contributed by atoms with Crippen LogP contribution >= 0.6 is 11.6 Å². The fraction of sp³-hybridized carbons (Fsp3) is 0.0769. The summed E-state index contributed by atoms with van der Waals surface area (Å²) >= 11 is 5.81. The van der Waals surface area contributed by atoms with Gasteiger partial charge in [0.05, 0.1) is 17.7 Å². The van der Waals surface area contributed by atoms with Crippen molar-refractivity contribution in [2.24, 2.45) is 0 Å². The zero-order chi connectivity index (χ0) is 14.0. The van der Waals surface area contributed by atoms with E-state index >= 15 is 0 Å². The van der Waals surface area contributed by atoms with Crippen LogP contribution in [-0.4, -0.2) is 17.9 Å². The van der Waals surface area contributed by atoms with E-state index in [1.807, 2.05) is 0 Å². The van der Waals surface area contributed by atoms with Crippen LogP contribution in [0, 0.1) is 0 Å². The van der Waals surface area contributed by atoms with E-state index in [-0.39, 0.29) is 17.2 Å². The number of ether oxygens (including phenoxy) is 1. The predicted molar refractivity (Wildman–Crippen MR) is 74.5 cm³/mol. The van der Waals surface area contributed by atoms with Gasteiger partial charge in [-0.25, -0.2) is 4.98 Å². The van der Waals surface area contributed by atoms with Gasteiger partial charge in [0.1, 0.15) is 11.6 Å². The lowest BCUT2D eigenvalue weighted by Gasteiger charge is -2.08. The summed E-state index contributed by atoms with van der Waals surface area (Å²) in [6.07, 6.45) is 1.38. The molecule has 0 unspecified atom stereocenters. The van der Waals surface area contributed by atoms with Crippen LogP contribution in [0.3, 0.4) is 0 Å². The quantitative estimate of drug-likeness (QED) is 0.662. The van der Waals surface area contributed by atoms with Crippen molar-refractivity contribution in [2.45, 2.75) is 0 Å². The fourth-order valence-electron chi connectivity index (χ4n) is 1.65. The normalized spacial score (nSPS) is 10.2. The Labute approximate surface area is 115 Å². The maximum absolute atomic E-state index is 12.3. The van der Waals surface area contributed by atoms with Gasteiger partial charge in [-0.05, 0) is 18.2 Å². The highest BCUT2D eigenvalue weighted by Gasteiger charge is 2.16. The number of methoxy groups -OCH3 is 1. The Balaban J connectivity index is 2.47. The maximum Gasteiger partial charge on any atom is 0.198 e. The Morgan fingerprint density at radius 2 is 2.00 bits per heavy atom. The minimum absolute atomic E-state index is 0.115. The highest BCUT2D eigenvalue weighted by atomic mass is 35.5. The average molecular weight is 278 g/mol. The van der Waals surface area contributed by atoms with Crippen molar-refractivity contribution in [1.82, 2.24) is 4.98 Å². The van der Waals surface area contributed by atoms with Crippen LogP contribution in [0.2, 0.25) is 5.02 Å². The number of nitrogen functional groups attached to an aromatic ring is 2. The molecular weight excluding hydrogens is 266 g/mol. The third kappa shape index (κ3) is 2.61. The number of carbonyl (C=O) groups excluding carboxylic acids is 1. The van der Waals surface area contributed by atoms with Gasteiger partial charge in [-0.1, -0.05) is 11.6 Å². The smallest absolute Gasteiger partial charge is 0.198 e. The molecule has 0 saturated heterocycles. The first-order valence-electron chi connectivity index (χ1n) is 5.42. The number of carbonyl (C=O) groups is 1. The van der Waals surface area contributed by atoms with Gasteiger partial charge in [-0.2, -0.15) is 0 Å². The molecule has 0 aliphatic carbocycles. The molecule has 1 aromatic carbocycles. The molecule has 19 heavy (non-hydrogen) atoms. The Bertz CT molecular complexity index is 644. The van der Waals surface area contributed by atoms with Gasteiger partial charge < -0.3 is 16.2 Å². The Morgan fingerprint density at radius 3 is 2.63 bits per heavy atom. The van der Waals surface area contributed by atoms with E-state index in [1.54, 1.807) is 18.2 Å². The summed E-state index contributed by atoms with van der Waals surface area (Å²) in [6, 6.07) is 6.27. The number of anilines is 2. The predicted octanol–water partition coefficient (Wildman–Crippen LogP) is 2.14. The molecule has 6 heteroatoms. The van der Waals surface area contributed by atoms with Gasteiger partial charge >= 0.3 is 0 Å². The minimum Gasteiger partial charge on any atom is -0.497 e. The highest BCUT2D eigenvalue weighted by Crippen LogP contribution is 2.25. The highest BCUT2D eigenvalue weighted by molar-refractivity contribution is 6.31. The van der Waals surface area contributed by atoms with Crippen LogP contribution in [0.4, 0.5) is 11.5 Å². The van der Waals surface area contributed by atoms with Crippen molar-refractivity contribution in [3.8, 4) is 5.75 Å². The molecule has 0 saturated carbocycles. The molecule has 5 nitrogen and oxygen atoms in total. The van der Waals surface area contributed by atoms with Gasteiger partial charge in [0, 0.05) is 23.5 Å². The number of hydrogen-bond acceptors (Lipinski definition) is 5. The Kier molecular flexibility index (Phi) is 3.57. The largest absolute Gasteiger partial charge is 0.497 e. The van der Waals surface area contributed by atoms with E-state index < -0.39 is 0 Å². The van der Waals surface area contributed by atoms with Crippen LogP contribution in [-0.2, 0) is 0 Å². The molecule has 0 spiro atoms. The first kappa shape index (κ1) is 13.2. The van der Waals surface area contributed by atoms with E-state index in [4.69, 9.17) is 27.8 Å². The number of nitrogens with two attached hydrogens (primary N) is 2. The second kappa shape index (κ2) is 5.16. The molecular formula is C13H12ClN3O2. The average Bonchev–Trinajstić information content (AvgIpc) is 2.40. The van der Waals surface area contributed by atoms with Crippen LogP contribution in [0.5, 0.6) is 5.75 Å². The first-order chi connectivity index (χ1) is 9.02. The minimum atomic E-state index is -0.326. The molecule has 0 amide bonds. The standard InChI is InChI=1S/C13H12ClN3O2/c1-19-8-2-3-9(11(15)5-8)12(18)10-4-7(14)6-17-13(10)16/h2-6H,15H2,1H3,(H2,16,17). The van der Waals surface area contributed by atoms with Crippen LogP contribution in [0.25, 0.3) is 0 Å². The number of aromatic nitrogens is 1. The second-order valence-electron chi connectivity index (χ2n) is 3.87. The second-order valence-corrected chi connectivity index (χ2v) is 4.31. The topological polar surface area (TPSA) is 91.2 Å². The molecule has 0 aliphatic heterocycles. The van der Waals surface area contributed by atoms with E-state index in [1.165, 1.54) is 19.4 Å². The molecule has 0 radical (unpaired) electrons. The zero-order valence-electron chi connectivity index (χ0n) is 10.2. The van der Waals surface area contributed by atoms with Gasteiger partial charge in [-0.3, -0.25) is 4.79 Å². The Morgan fingerprint density at radius 1 is 1.26 bits per heavy atom. The zero-order valence-corrected chi connectivity index (χ0v) is 10.9. The lowest BCUT2D eigenvalue weighted by atomic mass is 10.0. The molecule has 0 aliphatic rings. The molecule has 1 aromatic heterocycles. The third-order valence-electron chi connectivity index (χ3n) is 2.63.